The lowest BCUT2D eigenvalue weighted by atomic mass is 10.1. The molecule has 0 radical (unpaired) electrons. The smallest absolute Gasteiger partial charge is 0.175 e. The molecule has 0 spiro atoms. The maximum absolute atomic E-state index is 5.81. The third-order valence-electron chi connectivity index (χ3n) is 3.46. The van der Waals surface area contributed by atoms with Gasteiger partial charge >= 0.3 is 0 Å². The largest absolute Gasteiger partial charge is 0.497 e. The van der Waals surface area contributed by atoms with Crippen molar-refractivity contribution in [2.24, 2.45) is 0 Å². The summed E-state index contributed by atoms with van der Waals surface area (Å²) < 4.78 is 17.3. The van der Waals surface area contributed by atoms with Crippen LogP contribution in [0.4, 0.5) is 0 Å². The molecule has 0 amide bonds. The van der Waals surface area contributed by atoms with Gasteiger partial charge in [-0.05, 0) is 65.2 Å². The van der Waals surface area contributed by atoms with Crippen LogP contribution in [0.5, 0.6) is 17.2 Å². The van der Waals surface area contributed by atoms with Crippen LogP contribution in [0.3, 0.4) is 0 Å². The van der Waals surface area contributed by atoms with Crippen LogP contribution in [-0.4, -0.2) is 20.3 Å². The van der Waals surface area contributed by atoms with E-state index in [1.165, 1.54) is 5.56 Å². The Morgan fingerprint density at radius 2 is 1.62 bits per heavy atom. The highest BCUT2D eigenvalue weighted by molar-refractivity contribution is 9.10. The Labute approximate surface area is 152 Å². The van der Waals surface area contributed by atoms with Crippen LogP contribution in [0.2, 0.25) is 0 Å². The summed E-state index contributed by atoms with van der Waals surface area (Å²) >= 11 is 3.57. The Kier molecular flexibility index (Phi) is 6.94. The molecule has 0 saturated heterocycles. The van der Waals surface area contributed by atoms with Crippen molar-refractivity contribution < 1.29 is 14.2 Å². The molecule has 2 aromatic rings. The van der Waals surface area contributed by atoms with Crippen molar-refractivity contribution in [1.82, 2.24) is 5.32 Å². The highest BCUT2D eigenvalue weighted by Gasteiger charge is 2.13. The molecule has 0 bridgehead atoms. The predicted octanol–water partition coefficient (Wildman–Crippen LogP) is 4.54. The normalized spacial score (nSPS) is 10.8. The molecule has 2 aromatic carbocycles. The van der Waals surface area contributed by atoms with E-state index in [4.69, 9.17) is 14.2 Å². The second-order valence-corrected chi connectivity index (χ2v) is 6.58. The van der Waals surface area contributed by atoms with Gasteiger partial charge in [0.2, 0.25) is 0 Å². The molecule has 130 valence electrons. The molecule has 0 unspecified atom stereocenters. The highest BCUT2D eigenvalue weighted by Crippen LogP contribution is 2.37. The van der Waals surface area contributed by atoms with Crippen LogP contribution >= 0.6 is 15.9 Å². The van der Waals surface area contributed by atoms with Crippen LogP contribution in [0.15, 0.2) is 40.9 Å². The Balaban J connectivity index is 2.00. The van der Waals surface area contributed by atoms with Gasteiger partial charge in [0.05, 0.1) is 24.8 Å². The first-order valence-electron chi connectivity index (χ1n) is 7.90. The lowest BCUT2D eigenvalue weighted by Gasteiger charge is -2.17. The first-order chi connectivity index (χ1) is 11.5. The van der Waals surface area contributed by atoms with Crippen LogP contribution in [0.1, 0.15) is 25.0 Å². The molecule has 0 aliphatic heterocycles. The Bertz CT molecular complexity index is 656. The molecule has 0 fully saturated rings. The first kappa shape index (κ1) is 18.6. The predicted molar refractivity (Wildman–Crippen MR) is 100.0 cm³/mol. The Morgan fingerprint density at radius 1 is 0.958 bits per heavy atom. The van der Waals surface area contributed by atoms with Gasteiger partial charge in [-0.25, -0.2) is 0 Å². The first-order valence-corrected chi connectivity index (χ1v) is 8.69. The van der Waals surface area contributed by atoms with Gasteiger partial charge in [0.1, 0.15) is 5.75 Å². The number of benzene rings is 2. The van der Waals surface area contributed by atoms with Gasteiger partial charge in [-0.3, -0.25) is 0 Å². The lowest BCUT2D eigenvalue weighted by Crippen LogP contribution is -2.13. The Hall–Kier alpha value is -1.72. The number of rotatable bonds is 8. The van der Waals surface area contributed by atoms with Crippen LogP contribution in [0, 0.1) is 0 Å². The molecule has 5 heteroatoms. The summed E-state index contributed by atoms with van der Waals surface area (Å²) in [5.74, 6) is 2.35. The van der Waals surface area contributed by atoms with E-state index in [9.17, 15) is 0 Å². The fraction of sp³-hybridized carbons (Fsp3) is 0.368. The molecular formula is C19H24BrNO3. The number of ether oxygens (including phenoxy) is 3. The molecule has 4 nitrogen and oxygen atoms in total. The van der Waals surface area contributed by atoms with Crippen LogP contribution in [0.25, 0.3) is 0 Å². The average molecular weight is 394 g/mol. The highest BCUT2D eigenvalue weighted by atomic mass is 79.9. The van der Waals surface area contributed by atoms with Gasteiger partial charge in [-0.1, -0.05) is 12.1 Å². The van der Waals surface area contributed by atoms with Crippen molar-refractivity contribution in [1.29, 1.82) is 0 Å². The van der Waals surface area contributed by atoms with Crippen LogP contribution in [-0.2, 0) is 13.1 Å². The maximum atomic E-state index is 5.81. The summed E-state index contributed by atoms with van der Waals surface area (Å²) in [6.45, 7) is 5.52. The van der Waals surface area contributed by atoms with E-state index in [0.717, 1.165) is 40.4 Å². The summed E-state index contributed by atoms with van der Waals surface area (Å²) in [7, 11) is 3.33. The van der Waals surface area contributed by atoms with Gasteiger partial charge in [-0.2, -0.15) is 0 Å². The van der Waals surface area contributed by atoms with Crippen LogP contribution < -0.4 is 19.5 Å². The van der Waals surface area contributed by atoms with E-state index in [-0.39, 0.29) is 6.10 Å². The van der Waals surface area contributed by atoms with Crippen molar-refractivity contribution in [2.45, 2.75) is 33.0 Å². The molecule has 2 rings (SSSR count). The minimum absolute atomic E-state index is 0.0919. The summed E-state index contributed by atoms with van der Waals surface area (Å²) in [4.78, 5) is 0. The summed E-state index contributed by atoms with van der Waals surface area (Å²) in [6.07, 6.45) is 0.0919. The average Bonchev–Trinajstić information content (AvgIpc) is 2.57. The number of hydrogen-bond donors (Lipinski definition) is 1. The SMILES string of the molecule is COc1ccc(CNCc2cc(Br)c(OC(C)C)c(OC)c2)cc1. The maximum Gasteiger partial charge on any atom is 0.175 e. The third kappa shape index (κ3) is 5.14. The van der Waals surface area contributed by atoms with Crippen molar-refractivity contribution in [2.75, 3.05) is 14.2 Å². The van der Waals surface area contributed by atoms with E-state index in [2.05, 4.69) is 39.4 Å². The summed E-state index contributed by atoms with van der Waals surface area (Å²) in [5.41, 5.74) is 2.34. The van der Waals surface area contributed by atoms with Gasteiger partial charge in [0.25, 0.3) is 0 Å². The van der Waals surface area contributed by atoms with Crippen molar-refractivity contribution in [3.05, 3.63) is 52.0 Å². The van der Waals surface area contributed by atoms with Gasteiger partial charge in [0.15, 0.2) is 11.5 Å². The fourth-order valence-corrected chi connectivity index (χ4v) is 2.90. The second kappa shape index (κ2) is 8.94. The van der Waals surface area contributed by atoms with E-state index in [0.29, 0.717) is 0 Å². The van der Waals surface area contributed by atoms with Gasteiger partial charge < -0.3 is 19.5 Å². The Morgan fingerprint density at radius 3 is 2.21 bits per heavy atom. The zero-order valence-electron chi connectivity index (χ0n) is 14.6. The number of methoxy groups -OCH3 is 2. The number of halogens is 1. The fourth-order valence-electron chi connectivity index (χ4n) is 2.32. The summed E-state index contributed by atoms with van der Waals surface area (Å²) in [6, 6.07) is 12.1. The second-order valence-electron chi connectivity index (χ2n) is 5.73. The molecule has 0 atom stereocenters. The number of hydrogen-bond acceptors (Lipinski definition) is 4. The van der Waals surface area contributed by atoms with Crippen molar-refractivity contribution in [3.63, 3.8) is 0 Å². The molecule has 0 aromatic heterocycles. The molecule has 1 N–H and O–H groups in total. The minimum Gasteiger partial charge on any atom is -0.497 e. The molecular weight excluding hydrogens is 370 g/mol. The van der Waals surface area contributed by atoms with E-state index >= 15 is 0 Å². The minimum atomic E-state index is 0.0919. The molecule has 24 heavy (non-hydrogen) atoms. The zero-order valence-corrected chi connectivity index (χ0v) is 16.1. The van der Waals surface area contributed by atoms with Crippen molar-refractivity contribution >= 4 is 15.9 Å². The topological polar surface area (TPSA) is 39.7 Å². The molecule has 0 aliphatic rings. The van der Waals surface area contributed by atoms with E-state index in [1.54, 1.807) is 14.2 Å². The van der Waals surface area contributed by atoms with Gasteiger partial charge in [0, 0.05) is 13.1 Å². The molecule has 0 saturated carbocycles. The lowest BCUT2D eigenvalue weighted by molar-refractivity contribution is 0.228. The zero-order chi connectivity index (χ0) is 17.5. The van der Waals surface area contributed by atoms with E-state index in [1.807, 2.05) is 32.0 Å². The third-order valence-corrected chi connectivity index (χ3v) is 4.05. The van der Waals surface area contributed by atoms with Crippen molar-refractivity contribution in [3.8, 4) is 17.2 Å². The number of nitrogens with one attached hydrogen (secondary N) is 1. The molecule has 0 aliphatic carbocycles. The molecule has 0 heterocycles. The van der Waals surface area contributed by atoms with E-state index < -0.39 is 0 Å². The quantitative estimate of drug-likeness (QED) is 0.714. The van der Waals surface area contributed by atoms with Gasteiger partial charge in [-0.15, -0.1) is 0 Å². The standard InChI is InChI=1S/C19H24BrNO3/c1-13(2)24-19-17(20)9-15(10-18(19)23-4)12-21-11-14-5-7-16(22-3)8-6-14/h5-10,13,21H,11-12H2,1-4H3. The summed E-state index contributed by atoms with van der Waals surface area (Å²) in [5, 5.41) is 3.44. The monoisotopic (exact) mass is 393 g/mol.